The second-order valence-electron chi connectivity index (χ2n) is 5.81. The smallest absolute Gasteiger partial charge is 0.206 e. The molecule has 16 heavy (non-hydrogen) atoms. The van der Waals surface area contributed by atoms with Crippen LogP contribution in [0, 0.1) is 5.41 Å². The number of guanidine groups is 1. The Morgan fingerprint density at radius 2 is 1.88 bits per heavy atom. The Morgan fingerprint density at radius 1 is 1.25 bits per heavy atom. The molecule has 0 saturated heterocycles. The van der Waals surface area contributed by atoms with Crippen LogP contribution in [0.4, 0.5) is 0 Å². The molecule has 2 saturated carbocycles. The molecule has 1 unspecified atom stereocenters. The van der Waals surface area contributed by atoms with Gasteiger partial charge in [-0.2, -0.15) is 0 Å². The topological polar surface area (TPSA) is 62.4 Å². The molecule has 1 atom stereocenters. The number of nitrogens with zero attached hydrogens (tertiary/aromatic N) is 1. The predicted octanol–water partition coefficient (Wildman–Crippen LogP) is 1.53. The average molecular weight is 224 g/mol. The van der Waals surface area contributed by atoms with E-state index in [0.29, 0.717) is 17.5 Å². The summed E-state index contributed by atoms with van der Waals surface area (Å²) in [6.45, 7) is 4.49. The fourth-order valence-electron chi connectivity index (χ4n) is 2.37. The number of rotatable bonds is 2. The Balaban J connectivity index is 1.85. The van der Waals surface area contributed by atoms with Crippen LogP contribution in [0.25, 0.3) is 0 Å². The Kier molecular flexibility index (Phi) is 3.38. The van der Waals surface area contributed by atoms with Crippen molar-refractivity contribution in [2.75, 3.05) is 0 Å². The quantitative estimate of drug-likeness (QED) is 0.288. The van der Waals surface area contributed by atoms with Gasteiger partial charge in [0.1, 0.15) is 0 Å². The zero-order valence-corrected chi connectivity index (χ0v) is 10.4. The molecule has 2 fully saturated rings. The van der Waals surface area contributed by atoms with Crippen LogP contribution in [0.5, 0.6) is 0 Å². The van der Waals surface area contributed by atoms with Gasteiger partial charge in [0.15, 0.2) is 0 Å². The minimum Gasteiger partial charge on any atom is -0.353 e. The minimum atomic E-state index is 0.371. The molecule has 0 aliphatic heterocycles. The summed E-state index contributed by atoms with van der Waals surface area (Å²) in [6, 6.07) is 1.00. The van der Waals surface area contributed by atoms with Crippen LogP contribution in [0.15, 0.2) is 4.99 Å². The highest BCUT2D eigenvalue weighted by molar-refractivity contribution is 5.80. The SMILES string of the molecule is CC1(C)CC1N=C(NN)NC1CCCCC1. The van der Waals surface area contributed by atoms with E-state index in [1.807, 2.05) is 0 Å². The largest absolute Gasteiger partial charge is 0.353 e. The maximum Gasteiger partial charge on any atom is 0.206 e. The molecule has 0 spiro atoms. The Morgan fingerprint density at radius 3 is 2.38 bits per heavy atom. The Hall–Kier alpha value is -0.770. The van der Waals surface area contributed by atoms with Crippen LogP contribution >= 0.6 is 0 Å². The number of hydrogen-bond donors (Lipinski definition) is 3. The molecule has 4 N–H and O–H groups in total. The van der Waals surface area contributed by atoms with E-state index in [2.05, 4.69) is 29.6 Å². The van der Waals surface area contributed by atoms with Crippen molar-refractivity contribution < 1.29 is 0 Å². The van der Waals surface area contributed by atoms with Crippen LogP contribution < -0.4 is 16.6 Å². The molecule has 0 heterocycles. The molecule has 0 amide bonds. The van der Waals surface area contributed by atoms with Crippen molar-refractivity contribution in [1.82, 2.24) is 10.7 Å². The van der Waals surface area contributed by atoms with Crippen molar-refractivity contribution in [3.8, 4) is 0 Å². The summed E-state index contributed by atoms with van der Waals surface area (Å²) >= 11 is 0. The van der Waals surface area contributed by atoms with Gasteiger partial charge in [-0.05, 0) is 24.7 Å². The molecular weight excluding hydrogens is 200 g/mol. The first-order valence-corrected chi connectivity index (χ1v) is 6.43. The second kappa shape index (κ2) is 4.62. The van der Waals surface area contributed by atoms with E-state index < -0.39 is 0 Å². The Labute approximate surface area is 98.0 Å². The van der Waals surface area contributed by atoms with E-state index in [-0.39, 0.29) is 0 Å². The third-order valence-electron chi connectivity index (χ3n) is 3.83. The lowest BCUT2D eigenvalue weighted by Crippen LogP contribution is -2.47. The van der Waals surface area contributed by atoms with Crippen LogP contribution in [0.2, 0.25) is 0 Å². The van der Waals surface area contributed by atoms with Crippen molar-refractivity contribution >= 4 is 5.96 Å². The molecule has 0 aromatic rings. The summed E-state index contributed by atoms with van der Waals surface area (Å²) in [5.74, 6) is 6.29. The lowest BCUT2D eigenvalue weighted by Gasteiger charge is -2.24. The number of nitrogens with two attached hydrogens (primary N) is 1. The summed E-state index contributed by atoms with van der Waals surface area (Å²) in [5, 5.41) is 3.43. The van der Waals surface area contributed by atoms with E-state index in [1.165, 1.54) is 38.5 Å². The van der Waals surface area contributed by atoms with Gasteiger partial charge in [0.2, 0.25) is 5.96 Å². The molecule has 2 aliphatic carbocycles. The molecule has 0 radical (unpaired) electrons. The molecule has 0 aromatic carbocycles. The van der Waals surface area contributed by atoms with Crippen molar-refractivity contribution in [2.24, 2.45) is 16.3 Å². The highest BCUT2D eigenvalue weighted by Crippen LogP contribution is 2.47. The standard InChI is InChI=1S/C12H24N4/c1-12(2)8-10(12)15-11(16-13)14-9-6-4-3-5-7-9/h9-10H,3-8,13H2,1-2H3,(H2,14,15,16). The number of nitrogens with one attached hydrogen (secondary N) is 2. The van der Waals surface area contributed by atoms with Crippen molar-refractivity contribution in [1.29, 1.82) is 0 Å². The summed E-state index contributed by atoms with van der Waals surface area (Å²) in [4.78, 5) is 4.62. The fourth-order valence-corrected chi connectivity index (χ4v) is 2.37. The normalized spacial score (nSPS) is 29.9. The van der Waals surface area contributed by atoms with Crippen LogP contribution in [-0.2, 0) is 0 Å². The van der Waals surface area contributed by atoms with Crippen molar-refractivity contribution in [3.05, 3.63) is 0 Å². The molecule has 2 rings (SSSR count). The minimum absolute atomic E-state index is 0.371. The summed E-state index contributed by atoms with van der Waals surface area (Å²) < 4.78 is 0. The maximum atomic E-state index is 5.51. The molecular formula is C12H24N4. The predicted molar refractivity (Wildman–Crippen MR) is 67.0 cm³/mol. The van der Waals surface area contributed by atoms with Gasteiger partial charge in [0, 0.05) is 6.04 Å². The van der Waals surface area contributed by atoms with Crippen LogP contribution in [0.1, 0.15) is 52.4 Å². The van der Waals surface area contributed by atoms with E-state index in [9.17, 15) is 0 Å². The van der Waals surface area contributed by atoms with E-state index in [4.69, 9.17) is 5.84 Å². The average Bonchev–Trinajstić information content (AvgIpc) is 2.86. The zero-order valence-electron chi connectivity index (χ0n) is 10.4. The lowest BCUT2D eigenvalue weighted by atomic mass is 9.96. The van der Waals surface area contributed by atoms with Gasteiger partial charge in [0.05, 0.1) is 6.04 Å². The van der Waals surface area contributed by atoms with E-state index >= 15 is 0 Å². The van der Waals surface area contributed by atoms with E-state index in [0.717, 1.165) is 5.96 Å². The van der Waals surface area contributed by atoms with Gasteiger partial charge in [-0.15, -0.1) is 0 Å². The third-order valence-corrected chi connectivity index (χ3v) is 3.83. The highest BCUT2D eigenvalue weighted by atomic mass is 15.3. The number of aliphatic imine (C=N–C) groups is 1. The third kappa shape index (κ3) is 2.88. The van der Waals surface area contributed by atoms with Crippen molar-refractivity contribution in [2.45, 2.75) is 64.5 Å². The Bertz CT molecular complexity index is 266. The van der Waals surface area contributed by atoms with Gasteiger partial charge in [-0.1, -0.05) is 33.1 Å². The number of hydrazine groups is 1. The van der Waals surface area contributed by atoms with Gasteiger partial charge in [-0.25, -0.2) is 10.8 Å². The molecule has 4 heteroatoms. The van der Waals surface area contributed by atoms with Crippen LogP contribution in [-0.4, -0.2) is 18.0 Å². The molecule has 0 aromatic heterocycles. The van der Waals surface area contributed by atoms with Gasteiger partial charge >= 0.3 is 0 Å². The van der Waals surface area contributed by atoms with Crippen molar-refractivity contribution in [3.63, 3.8) is 0 Å². The lowest BCUT2D eigenvalue weighted by molar-refractivity contribution is 0.409. The number of hydrogen-bond acceptors (Lipinski definition) is 2. The first-order valence-electron chi connectivity index (χ1n) is 6.43. The molecule has 0 bridgehead atoms. The molecule has 2 aliphatic rings. The molecule has 92 valence electrons. The monoisotopic (exact) mass is 224 g/mol. The summed E-state index contributed by atoms with van der Waals surface area (Å²) in [5.41, 5.74) is 3.07. The zero-order chi connectivity index (χ0) is 11.6. The van der Waals surface area contributed by atoms with E-state index in [1.54, 1.807) is 0 Å². The second-order valence-corrected chi connectivity index (χ2v) is 5.81. The van der Waals surface area contributed by atoms with Crippen LogP contribution in [0.3, 0.4) is 0 Å². The first-order chi connectivity index (χ1) is 7.62. The summed E-state index contributed by atoms with van der Waals surface area (Å²) in [7, 11) is 0. The first kappa shape index (κ1) is 11.7. The summed E-state index contributed by atoms with van der Waals surface area (Å²) in [6.07, 6.45) is 7.68. The van der Waals surface area contributed by atoms with Gasteiger partial charge < -0.3 is 5.32 Å². The van der Waals surface area contributed by atoms with Gasteiger partial charge in [-0.3, -0.25) is 5.43 Å². The van der Waals surface area contributed by atoms with Gasteiger partial charge in [0.25, 0.3) is 0 Å². The maximum absolute atomic E-state index is 5.51. The molecule has 4 nitrogen and oxygen atoms in total. The fraction of sp³-hybridized carbons (Fsp3) is 0.917. The highest BCUT2D eigenvalue weighted by Gasteiger charge is 2.46.